The lowest BCUT2D eigenvalue weighted by atomic mass is 10.0. The average molecular weight is 557 g/mol. The van der Waals surface area contributed by atoms with Crippen molar-refractivity contribution in [3.63, 3.8) is 0 Å². The van der Waals surface area contributed by atoms with Gasteiger partial charge in [0.15, 0.2) is 17.8 Å². The lowest BCUT2D eigenvalue weighted by molar-refractivity contribution is -0.615. The number of hydrogen-bond donors (Lipinski definition) is 0. The Kier molecular flexibility index (Phi) is 6.25. The molecule has 1 saturated carbocycles. The number of hydrogen-bond acceptors (Lipinski definition) is 7. The summed E-state index contributed by atoms with van der Waals surface area (Å²) >= 11 is 6.06. The van der Waals surface area contributed by atoms with Crippen LogP contribution in [-0.2, 0) is 0 Å². The van der Waals surface area contributed by atoms with Crippen LogP contribution >= 0.6 is 11.6 Å². The van der Waals surface area contributed by atoms with Crippen molar-refractivity contribution in [1.29, 1.82) is 0 Å². The molecule has 1 fully saturated rings. The highest BCUT2D eigenvalue weighted by Gasteiger charge is 2.38. The molecule has 0 radical (unpaired) electrons. The fraction of sp³-hybridized carbons (Fsp3) is 0.292. The summed E-state index contributed by atoms with van der Waals surface area (Å²) in [5, 5.41) is 32.3. The molecule has 1 unspecified atom stereocenters. The van der Waals surface area contributed by atoms with E-state index in [1.807, 2.05) is 0 Å². The fourth-order valence-electron chi connectivity index (χ4n) is 4.78. The third kappa shape index (κ3) is 4.60. The summed E-state index contributed by atoms with van der Waals surface area (Å²) in [5.74, 6) is 0.0967. The molecule has 200 valence electrons. The Bertz CT molecular complexity index is 1640. The molecular formula is C24H20ClF3N10O. The van der Waals surface area contributed by atoms with Crippen molar-refractivity contribution in [3.05, 3.63) is 77.3 Å². The van der Waals surface area contributed by atoms with E-state index in [2.05, 4.69) is 37.6 Å². The molecule has 39 heavy (non-hydrogen) atoms. The Balaban J connectivity index is 1.40. The van der Waals surface area contributed by atoms with Gasteiger partial charge in [0.1, 0.15) is 18.7 Å². The minimum atomic E-state index is -2.87. The lowest BCUT2D eigenvalue weighted by Gasteiger charge is -2.18. The second-order valence-electron chi connectivity index (χ2n) is 9.42. The molecule has 3 atom stereocenters. The van der Waals surface area contributed by atoms with Crippen LogP contribution in [0.25, 0.3) is 28.2 Å². The molecule has 0 spiro atoms. The number of tetrazole rings is 1. The van der Waals surface area contributed by atoms with E-state index in [0.29, 0.717) is 44.6 Å². The highest BCUT2D eigenvalue weighted by atomic mass is 35.5. The molecule has 5 aromatic rings. The van der Waals surface area contributed by atoms with Gasteiger partial charge in [-0.15, -0.1) is 5.10 Å². The zero-order valence-electron chi connectivity index (χ0n) is 20.3. The molecule has 11 nitrogen and oxygen atoms in total. The molecule has 1 aromatic carbocycles. The summed E-state index contributed by atoms with van der Waals surface area (Å²) < 4.78 is 45.9. The molecule has 6 rings (SSSR count). The van der Waals surface area contributed by atoms with Gasteiger partial charge in [0.2, 0.25) is 5.69 Å². The van der Waals surface area contributed by atoms with E-state index in [0.717, 1.165) is 12.7 Å². The van der Waals surface area contributed by atoms with Crippen LogP contribution in [0.3, 0.4) is 0 Å². The van der Waals surface area contributed by atoms with Crippen molar-refractivity contribution in [3.8, 4) is 28.2 Å². The van der Waals surface area contributed by atoms with Crippen molar-refractivity contribution < 1.29 is 17.9 Å². The van der Waals surface area contributed by atoms with E-state index >= 15 is 4.39 Å². The molecule has 15 heteroatoms. The SMILES string of the molecule is CC1C[C@@H]1C[C@H](c1ccc(-c2c(-n3cnnn3)ccc(Cl)c2F)c[n+]1[O-])n1cc(-c2ncnn2C(F)F)cn1. The zero-order valence-corrected chi connectivity index (χ0v) is 21.1. The van der Waals surface area contributed by atoms with Crippen molar-refractivity contribution in [2.45, 2.75) is 32.4 Å². The maximum atomic E-state index is 15.2. The van der Waals surface area contributed by atoms with Gasteiger partial charge in [-0.05, 0) is 53.3 Å². The molecular weight excluding hydrogens is 537 g/mol. The van der Waals surface area contributed by atoms with E-state index in [-0.39, 0.29) is 22.0 Å². The van der Waals surface area contributed by atoms with E-state index in [1.165, 1.54) is 29.5 Å². The van der Waals surface area contributed by atoms with Crippen LogP contribution in [-0.4, -0.2) is 44.8 Å². The number of pyridine rings is 1. The summed E-state index contributed by atoms with van der Waals surface area (Å²) in [6.45, 7) is -0.742. The fourth-order valence-corrected chi connectivity index (χ4v) is 4.94. The first kappa shape index (κ1) is 25.0. The lowest BCUT2D eigenvalue weighted by Crippen LogP contribution is -2.35. The molecule has 0 aliphatic heterocycles. The normalized spacial score (nSPS) is 17.6. The number of aromatic nitrogens is 10. The highest BCUT2D eigenvalue weighted by molar-refractivity contribution is 6.31. The number of halogens is 4. The van der Waals surface area contributed by atoms with Gasteiger partial charge in [-0.1, -0.05) is 18.5 Å². The van der Waals surface area contributed by atoms with Gasteiger partial charge in [-0.2, -0.15) is 33.1 Å². The second-order valence-corrected chi connectivity index (χ2v) is 9.82. The molecule has 4 aromatic heterocycles. The summed E-state index contributed by atoms with van der Waals surface area (Å²) in [7, 11) is 0. The van der Waals surface area contributed by atoms with Crippen molar-refractivity contribution in [2.75, 3.05) is 0 Å². The van der Waals surface area contributed by atoms with Gasteiger partial charge in [-0.25, -0.2) is 9.37 Å². The number of benzene rings is 1. The zero-order chi connectivity index (χ0) is 27.3. The van der Waals surface area contributed by atoms with Gasteiger partial charge >= 0.3 is 6.55 Å². The minimum Gasteiger partial charge on any atom is -0.618 e. The summed E-state index contributed by atoms with van der Waals surface area (Å²) in [6, 6.07) is 5.65. The molecule has 0 saturated heterocycles. The van der Waals surface area contributed by atoms with Gasteiger partial charge in [0.25, 0.3) is 0 Å². The van der Waals surface area contributed by atoms with Crippen LogP contribution in [0, 0.1) is 22.9 Å². The molecule has 0 amide bonds. The van der Waals surface area contributed by atoms with Gasteiger partial charge in [0.05, 0.1) is 33.6 Å². The predicted octanol–water partition coefficient (Wildman–Crippen LogP) is 4.24. The molecule has 1 aliphatic carbocycles. The number of rotatable bonds is 8. The standard InChI is InChI=1S/C24H20ClF3N10O/c1-13-6-15(13)7-20(35-9-16(8-31-35)23-29-11-32-38(23)24(27)28)18-4-2-14(10-37(18)39)21-19(36-12-30-33-34-36)5-3-17(25)22(21)26/h2-5,8-13,15,20,24H,6-7H2,1H3/t13?,15-,20-/m1/s1. The van der Waals surface area contributed by atoms with Crippen LogP contribution < -0.4 is 4.73 Å². The Morgan fingerprint density at radius 2 is 2.00 bits per heavy atom. The first-order valence-electron chi connectivity index (χ1n) is 12.0. The summed E-state index contributed by atoms with van der Waals surface area (Å²) in [5.41, 5.74) is 1.32. The number of alkyl halides is 2. The predicted molar refractivity (Wildman–Crippen MR) is 131 cm³/mol. The Morgan fingerprint density at radius 3 is 2.69 bits per heavy atom. The minimum absolute atomic E-state index is 0.0355. The van der Waals surface area contributed by atoms with Gasteiger partial charge in [-0.3, -0.25) is 4.68 Å². The van der Waals surface area contributed by atoms with Crippen molar-refractivity contribution in [2.24, 2.45) is 11.8 Å². The molecule has 1 aliphatic rings. The third-order valence-electron chi connectivity index (χ3n) is 6.98. The van der Waals surface area contributed by atoms with Gasteiger partial charge in [0, 0.05) is 12.3 Å². The van der Waals surface area contributed by atoms with Gasteiger partial charge < -0.3 is 5.21 Å². The first-order valence-corrected chi connectivity index (χ1v) is 12.4. The quantitative estimate of drug-likeness (QED) is 0.207. The average Bonchev–Trinajstić information content (AvgIpc) is 3.44. The Hall–Kier alpha value is -4.33. The van der Waals surface area contributed by atoms with Crippen molar-refractivity contribution >= 4 is 11.6 Å². The van der Waals surface area contributed by atoms with Crippen LogP contribution in [0.15, 0.2) is 55.5 Å². The first-order chi connectivity index (χ1) is 18.8. The second kappa shape index (κ2) is 9.76. The molecule has 0 N–H and O–H groups in total. The molecule has 4 heterocycles. The summed E-state index contributed by atoms with van der Waals surface area (Å²) in [6.07, 6.45) is 8.21. The topological polar surface area (TPSA) is 119 Å². The largest absolute Gasteiger partial charge is 0.618 e. The maximum absolute atomic E-state index is 15.2. The van der Waals surface area contributed by atoms with Crippen LogP contribution in [0.2, 0.25) is 5.02 Å². The molecule has 0 bridgehead atoms. The third-order valence-corrected chi connectivity index (χ3v) is 7.27. The van der Waals surface area contributed by atoms with Crippen LogP contribution in [0.5, 0.6) is 0 Å². The maximum Gasteiger partial charge on any atom is 0.335 e. The number of nitrogens with zero attached hydrogens (tertiary/aromatic N) is 10. The summed E-state index contributed by atoms with van der Waals surface area (Å²) in [4.78, 5) is 3.94. The monoisotopic (exact) mass is 556 g/mol. The Labute approximate surface area is 224 Å². The van der Waals surface area contributed by atoms with Crippen LogP contribution in [0.4, 0.5) is 13.2 Å². The van der Waals surface area contributed by atoms with E-state index in [4.69, 9.17) is 11.6 Å². The smallest absolute Gasteiger partial charge is 0.335 e. The van der Waals surface area contributed by atoms with Crippen molar-refractivity contribution in [1.82, 2.24) is 44.8 Å². The van der Waals surface area contributed by atoms with E-state index in [9.17, 15) is 14.0 Å². The van der Waals surface area contributed by atoms with Crippen LogP contribution in [0.1, 0.15) is 38.1 Å². The highest BCUT2D eigenvalue weighted by Crippen LogP contribution is 2.45. The van der Waals surface area contributed by atoms with E-state index in [1.54, 1.807) is 29.1 Å². The van der Waals surface area contributed by atoms with E-state index < -0.39 is 18.4 Å². The Morgan fingerprint density at radius 1 is 1.18 bits per heavy atom.